The fraction of sp³-hybridized carbons (Fsp3) is 0.167. The summed E-state index contributed by atoms with van der Waals surface area (Å²) in [5, 5.41) is 0. The molecule has 0 heterocycles. The van der Waals surface area contributed by atoms with Crippen LogP contribution in [0.1, 0.15) is 15.9 Å². The molecule has 7 nitrogen and oxygen atoms in total. The summed E-state index contributed by atoms with van der Waals surface area (Å²) < 4.78 is 16.1. The van der Waals surface area contributed by atoms with Crippen molar-refractivity contribution < 1.29 is 23.8 Å². The first-order chi connectivity index (χ1) is 15.1. The summed E-state index contributed by atoms with van der Waals surface area (Å²) in [5.41, 5.74) is 6.27. The van der Waals surface area contributed by atoms with Gasteiger partial charge in [-0.25, -0.2) is 0 Å². The highest BCUT2D eigenvalue weighted by molar-refractivity contribution is 5.95. The molecule has 3 rings (SSSR count). The first kappa shape index (κ1) is 21.7. The van der Waals surface area contributed by atoms with Crippen molar-refractivity contribution in [2.45, 2.75) is 6.42 Å². The number of rotatable bonds is 9. The largest absolute Gasteiger partial charge is 0.497 e. The minimum atomic E-state index is -0.481. The van der Waals surface area contributed by atoms with Crippen LogP contribution in [0.25, 0.3) is 0 Å². The van der Waals surface area contributed by atoms with Crippen molar-refractivity contribution in [3.63, 3.8) is 0 Å². The van der Waals surface area contributed by atoms with E-state index in [0.717, 1.165) is 6.42 Å². The zero-order valence-corrected chi connectivity index (χ0v) is 17.2. The van der Waals surface area contributed by atoms with Crippen LogP contribution in [0.15, 0.2) is 78.9 Å². The van der Waals surface area contributed by atoms with Crippen molar-refractivity contribution in [2.75, 3.05) is 20.3 Å². The lowest BCUT2D eigenvalue weighted by Gasteiger charge is -2.10. The summed E-state index contributed by atoms with van der Waals surface area (Å²) >= 11 is 0. The lowest BCUT2D eigenvalue weighted by atomic mass is 10.2. The lowest BCUT2D eigenvalue weighted by Crippen LogP contribution is -2.43. The Morgan fingerprint density at radius 2 is 1.35 bits per heavy atom. The van der Waals surface area contributed by atoms with Gasteiger partial charge < -0.3 is 14.2 Å². The van der Waals surface area contributed by atoms with Crippen LogP contribution in [-0.2, 0) is 11.2 Å². The molecule has 0 unspecified atom stereocenters. The van der Waals surface area contributed by atoms with Crippen molar-refractivity contribution in [2.24, 2.45) is 0 Å². The van der Waals surface area contributed by atoms with Gasteiger partial charge in [0.25, 0.3) is 11.8 Å². The monoisotopic (exact) mass is 420 g/mol. The highest BCUT2D eigenvalue weighted by atomic mass is 16.5. The number of hydrogen-bond donors (Lipinski definition) is 2. The average molecular weight is 420 g/mol. The Hall–Kier alpha value is -4.00. The van der Waals surface area contributed by atoms with Crippen molar-refractivity contribution in [3.05, 3.63) is 90.0 Å². The molecule has 3 aromatic rings. The van der Waals surface area contributed by atoms with Crippen LogP contribution in [0.2, 0.25) is 0 Å². The minimum Gasteiger partial charge on any atom is -0.497 e. The molecule has 0 aliphatic rings. The predicted octanol–water partition coefficient (Wildman–Crippen LogP) is 3.16. The van der Waals surface area contributed by atoms with Gasteiger partial charge in [0.1, 0.15) is 17.2 Å². The number of hydrazine groups is 1. The molecule has 2 amide bonds. The van der Waals surface area contributed by atoms with Crippen molar-refractivity contribution in [1.29, 1.82) is 0 Å². The van der Waals surface area contributed by atoms with Gasteiger partial charge in [-0.1, -0.05) is 30.3 Å². The number of nitrogens with one attached hydrogen (secondary N) is 2. The SMILES string of the molecule is COc1ccc(OCC(=O)NNC(=O)c2ccc(OCCc3ccccc3)cc2)cc1. The van der Waals surface area contributed by atoms with E-state index in [-0.39, 0.29) is 6.61 Å². The number of carbonyl (C=O) groups excluding carboxylic acids is 2. The molecular formula is C24H24N2O5. The van der Waals surface area contributed by atoms with Gasteiger partial charge in [0.15, 0.2) is 6.61 Å². The molecule has 0 fully saturated rings. The molecule has 0 atom stereocenters. The van der Waals surface area contributed by atoms with E-state index in [4.69, 9.17) is 14.2 Å². The van der Waals surface area contributed by atoms with Gasteiger partial charge in [0, 0.05) is 12.0 Å². The molecular weight excluding hydrogens is 396 g/mol. The van der Waals surface area contributed by atoms with E-state index < -0.39 is 11.8 Å². The molecule has 7 heteroatoms. The number of carbonyl (C=O) groups is 2. The normalized spacial score (nSPS) is 10.1. The summed E-state index contributed by atoms with van der Waals surface area (Å²) in [7, 11) is 1.57. The molecule has 2 N–H and O–H groups in total. The topological polar surface area (TPSA) is 85.9 Å². The van der Waals surface area contributed by atoms with E-state index in [0.29, 0.717) is 29.4 Å². The molecule has 0 saturated carbocycles. The minimum absolute atomic E-state index is 0.235. The first-order valence-electron chi connectivity index (χ1n) is 9.77. The Morgan fingerprint density at radius 1 is 0.742 bits per heavy atom. The third kappa shape index (κ3) is 7.08. The fourth-order valence-electron chi connectivity index (χ4n) is 2.69. The fourth-order valence-corrected chi connectivity index (χ4v) is 2.69. The third-order valence-corrected chi connectivity index (χ3v) is 4.36. The quantitative estimate of drug-likeness (QED) is 0.520. The predicted molar refractivity (Wildman–Crippen MR) is 116 cm³/mol. The number of hydrogen-bond acceptors (Lipinski definition) is 5. The number of benzene rings is 3. The standard InChI is InChI=1S/C24H24N2O5/c1-29-20-11-13-22(14-12-20)31-17-23(27)25-26-24(28)19-7-9-21(10-8-19)30-16-15-18-5-3-2-4-6-18/h2-14H,15-17H2,1H3,(H,25,27)(H,26,28). The van der Waals surface area contributed by atoms with E-state index in [9.17, 15) is 9.59 Å². The summed E-state index contributed by atoms with van der Waals surface area (Å²) in [6, 6.07) is 23.6. The Labute approximate surface area is 180 Å². The highest BCUT2D eigenvalue weighted by Crippen LogP contribution is 2.16. The molecule has 3 aromatic carbocycles. The second-order valence-corrected chi connectivity index (χ2v) is 6.57. The van der Waals surface area contributed by atoms with Crippen molar-refractivity contribution >= 4 is 11.8 Å². The van der Waals surface area contributed by atoms with E-state index >= 15 is 0 Å². The molecule has 0 aliphatic heterocycles. The zero-order valence-electron chi connectivity index (χ0n) is 17.2. The van der Waals surface area contributed by atoms with Gasteiger partial charge >= 0.3 is 0 Å². The van der Waals surface area contributed by atoms with Crippen LogP contribution in [0.5, 0.6) is 17.2 Å². The number of amides is 2. The summed E-state index contributed by atoms with van der Waals surface area (Å²) in [4.78, 5) is 24.1. The maximum atomic E-state index is 12.2. The van der Waals surface area contributed by atoms with E-state index in [1.54, 1.807) is 55.6 Å². The maximum Gasteiger partial charge on any atom is 0.276 e. The van der Waals surface area contributed by atoms with Gasteiger partial charge in [-0.05, 0) is 54.1 Å². The van der Waals surface area contributed by atoms with Gasteiger partial charge in [-0.15, -0.1) is 0 Å². The molecule has 0 bridgehead atoms. The summed E-state index contributed by atoms with van der Waals surface area (Å²) in [5.74, 6) is 0.963. The van der Waals surface area contributed by atoms with Crippen LogP contribution in [0.3, 0.4) is 0 Å². The van der Waals surface area contributed by atoms with Gasteiger partial charge in [-0.2, -0.15) is 0 Å². The molecule has 160 valence electrons. The van der Waals surface area contributed by atoms with Crippen LogP contribution in [0, 0.1) is 0 Å². The van der Waals surface area contributed by atoms with Gasteiger partial charge in [0.2, 0.25) is 0 Å². The maximum absolute atomic E-state index is 12.2. The van der Waals surface area contributed by atoms with Crippen molar-refractivity contribution in [3.8, 4) is 17.2 Å². The molecule has 0 spiro atoms. The number of ether oxygens (including phenoxy) is 3. The second kappa shape index (κ2) is 11.3. The smallest absolute Gasteiger partial charge is 0.276 e. The average Bonchev–Trinajstić information content (AvgIpc) is 2.82. The van der Waals surface area contributed by atoms with Gasteiger partial charge in [0.05, 0.1) is 13.7 Å². The van der Waals surface area contributed by atoms with Gasteiger partial charge in [-0.3, -0.25) is 20.4 Å². The molecule has 0 saturated heterocycles. The highest BCUT2D eigenvalue weighted by Gasteiger charge is 2.08. The summed E-state index contributed by atoms with van der Waals surface area (Å²) in [6.45, 7) is 0.306. The van der Waals surface area contributed by atoms with E-state index in [1.807, 2.05) is 30.3 Å². The van der Waals surface area contributed by atoms with Crippen LogP contribution >= 0.6 is 0 Å². The molecule has 0 aliphatic carbocycles. The first-order valence-corrected chi connectivity index (χ1v) is 9.77. The Bertz CT molecular complexity index is 973. The Kier molecular flexibility index (Phi) is 7.88. The Balaban J connectivity index is 1.37. The zero-order chi connectivity index (χ0) is 21.9. The summed E-state index contributed by atoms with van der Waals surface area (Å²) in [6.07, 6.45) is 0.799. The second-order valence-electron chi connectivity index (χ2n) is 6.57. The van der Waals surface area contributed by atoms with E-state index in [1.165, 1.54) is 5.56 Å². The Morgan fingerprint density at radius 3 is 2.03 bits per heavy atom. The van der Waals surface area contributed by atoms with Crippen molar-refractivity contribution in [1.82, 2.24) is 10.9 Å². The molecule has 0 aromatic heterocycles. The van der Waals surface area contributed by atoms with Crippen LogP contribution in [-0.4, -0.2) is 32.1 Å². The van der Waals surface area contributed by atoms with Crippen LogP contribution < -0.4 is 25.1 Å². The molecule has 0 radical (unpaired) electrons. The molecule has 31 heavy (non-hydrogen) atoms. The lowest BCUT2D eigenvalue weighted by molar-refractivity contribution is -0.123. The number of methoxy groups -OCH3 is 1. The van der Waals surface area contributed by atoms with E-state index in [2.05, 4.69) is 10.9 Å². The van der Waals surface area contributed by atoms with Crippen LogP contribution in [0.4, 0.5) is 0 Å². The third-order valence-electron chi connectivity index (χ3n) is 4.36.